The number of rotatable bonds is 4. The van der Waals surface area contributed by atoms with Crippen LogP contribution in [0.2, 0.25) is 0 Å². The van der Waals surface area contributed by atoms with Crippen molar-refractivity contribution in [2.45, 2.75) is 0 Å². The van der Waals surface area contributed by atoms with Crippen LogP contribution in [-0.2, 0) is 0 Å². The predicted molar refractivity (Wildman–Crippen MR) is 89.2 cm³/mol. The standard InChI is InChI=1S/C18H16N2O2/c21-15-7-3-5-13(11-15)19-17-9-1-2-10-18(17)20-14-6-4-8-16(22)12-14/h1-12,19-22H. The normalized spacial score (nSPS) is 10.2. The quantitative estimate of drug-likeness (QED) is 0.568. The molecule has 0 unspecified atom stereocenters. The lowest BCUT2D eigenvalue weighted by Gasteiger charge is -2.14. The molecule has 0 aliphatic heterocycles. The molecule has 3 aromatic carbocycles. The van der Waals surface area contributed by atoms with Crippen LogP contribution in [0.5, 0.6) is 11.5 Å². The van der Waals surface area contributed by atoms with E-state index in [1.54, 1.807) is 36.4 Å². The Morgan fingerprint density at radius 3 is 1.41 bits per heavy atom. The van der Waals surface area contributed by atoms with Crippen LogP contribution in [-0.4, -0.2) is 10.2 Å². The molecule has 110 valence electrons. The van der Waals surface area contributed by atoms with Crippen molar-refractivity contribution in [2.75, 3.05) is 10.6 Å². The van der Waals surface area contributed by atoms with Crippen molar-refractivity contribution in [1.29, 1.82) is 0 Å². The van der Waals surface area contributed by atoms with Gasteiger partial charge in [0, 0.05) is 23.5 Å². The highest BCUT2D eigenvalue weighted by molar-refractivity contribution is 5.78. The van der Waals surface area contributed by atoms with E-state index in [0.29, 0.717) is 0 Å². The zero-order chi connectivity index (χ0) is 15.4. The van der Waals surface area contributed by atoms with Crippen LogP contribution in [0.25, 0.3) is 0 Å². The highest BCUT2D eigenvalue weighted by Gasteiger charge is 2.04. The number of aromatic hydroxyl groups is 2. The highest BCUT2D eigenvalue weighted by Crippen LogP contribution is 2.30. The zero-order valence-corrected chi connectivity index (χ0v) is 11.8. The molecule has 4 nitrogen and oxygen atoms in total. The van der Waals surface area contributed by atoms with E-state index < -0.39 is 0 Å². The van der Waals surface area contributed by atoms with Crippen LogP contribution in [0.3, 0.4) is 0 Å². The third-order valence-corrected chi connectivity index (χ3v) is 3.18. The van der Waals surface area contributed by atoms with Gasteiger partial charge in [0.2, 0.25) is 0 Å². The Morgan fingerprint density at radius 1 is 0.545 bits per heavy atom. The highest BCUT2D eigenvalue weighted by atomic mass is 16.3. The second-order valence-corrected chi connectivity index (χ2v) is 4.90. The molecule has 0 radical (unpaired) electrons. The summed E-state index contributed by atoms with van der Waals surface area (Å²) in [6, 6.07) is 21.6. The van der Waals surface area contributed by atoms with Gasteiger partial charge in [-0.25, -0.2) is 0 Å². The Balaban J connectivity index is 1.86. The first kappa shape index (κ1) is 13.8. The van der Waals surface area contributed by atoms with Crippen LogP contribution >= 0.6 is 0 Å². The van der Waals surface area contributed by atoms with Gasteiger partial charge in [-0.2, -0.15) is 0 Å². The van der Waals surface area contributed by atoms with Gasteiger partial charge in [-0.1, -0.05) is 24.3 Å². The molecule has 3 aromatic rings. The zero-order valence-electron chi connectivity index (χ0n) is 11.8. The molecule has 4 N–H and O–H groups in total. The topological polar surface area (TPSA) is 64.5 Å². The van der Waals surface area contributed by atoms with Gasteiger partial charge in [-0.15, -0.1) is 0 Å². The molecular formula is C18H16N2O2. The summed E-state index contributed by atoms with van der Waals surface area (Å²) in [5, 5.41) is 25.6. The molecule has 0 saturated carbocycles. The van der Waals surface area contributed by atoms with Gasteiger partial charge in [0.1, 0.15) is 11.5 Å². The monoisotopic (exact) mass is 292 g/mol. The predicted octanol–water partition coefficient (Wildman–Crippen LogP) is 4.59. The van der Waals surface area contributed by atoms with E-state index >= 15 is 0 Å². The second kappa shape index (κ2) is 6.10. The summed E-state index contributed by atoms with van der Waals surface area (Å²) in [6.45, 7) is 0. The van der Waals surface area contributed by atoms with Crippen LogP contribution < -0.4 is 10.6 Å². The molecule has 3 rings (SSSR count). The number of hydrogen-bond donors (Lipinski definition) is 4. The molecule has 0 fully saturated rings. The minimum absolute atomic E-state index is 0.212. The Kier molecular flexibility index (Phi) is 3.83. The minimum atomic E-state index is 0.212. The van der Waals surface area contributed by atoms with Crippen molar-refractivity contribution in [2.24, 2.45) is 0 Å². The number of benzene rings is 3. The molecule has 0 atom stereocenters. The van der Waals surface area contributed by atoms with Gasteiger partial charge in [0.15, 0.2) is 0 Å². The SMILES string of the molecule is Oc1cccc(Nc2ccccc2Nc2cccc(O)c2)c1. The third kappa shape index (κ3) is 3.30. The summed E-state index contributed by atoms with van der Waals surface area (Å²) in [5.74, 6) is 0.423. The largest absolute Gasteiger partial charge is 0.508 e. The molecule has 0 spiro atoms. The average molecular weight is 292 g/mol. The fraction of sp³-hybridized carbons (Fsp3) is 0. The number of hydrogen-bond acceptors (Lipinski definition) is 4. The summed E-state index contributed by atoms with van der Waals surface area (Å²) in [7, 11) is 0. The Hall–Kier alpha value is -3.14. The van der Waals surface area contributed by atoms with Crippen molar-refractivity contribution in [1.82, 2.24) is 0 Å². The number of phenols is 2. The molecule has 0 bridgehead atoms. The van der Waals surface area contributed by atoms with Gasteiger partial charge in [0.25, 0.3) is 0 Å². The molecule has 0 aliphatic rings. The average Bonchev–Trinajstić information content (AvgIpc) is 2.49. The van der Waals surface area contributed by atoms with Crippen LogP contribution in [0.4, 0.5) is 22.7 Å². The van der Waals surface area contributed by atoms with Gasteiger partial charge in [-0.05, 0) is 36.4 Å². The minimum Gasteiger partial charge on any atom is -0.508 e. The van der Waals surface area contributed by atoms with E-state index in [9.17, 15) is 10.2 Å². The Bertz CT molecular complexity index is 721. The fourth-order valence-corrected chi connectivity index (χ4v) is 2.18. The van der Waals surface area contributed by atoms with E-state index in [1.807, 2.05) is 36.4 Å². The second-order valence-electron chi connectivity index (χ2n) is 4.90. The Morgan fingerprint density at radius 2 is 1.00 bits per heavy atom. The van der Waals surface area contributed by atoms with Crippen molar-refractivity contribution in [3.63, 3.8) is 0 Å². The third-order valence-electron chi connectivity index (χ3n) is 3.18. The summed E-state index contributed by atoms with van der Waals surface area (Å²) in [5.41, 5.74) is 3.34. The van der Waals surface area contributed by atoms with E-state index in [4.69, 9.17) is 0 Å². The van der Waals surface area contributed by atoms with Crippen molar-refractivity contribution < 1.29 is 10.2 Å². The fourth-order valence-electron chi connectivity index (χ4n) is 2.18. The van der Waals surface area contributed by atoms with Crippen LogP contribution in [0.1, 0.15) is 0 Å². The lowest BCUT2D eigenvalue weighted by molar-refractivity contribution is 0.475. The number of anilines is 4. The Labute approximate surface area is 128 Å². The molecular weight excluding hydrogens is 276 g/mol. The van der Waals surface area contributed by atoms with Gasteiger partial charge in [-0.3, -0.25) is 0 Å². The molecule has 22 heavy (non-hydrogen) atoms. The van der Waals surface area contributed by atoms with E-state index in [2.05, 4.69) is 10.6 Å². The first-order valence-electron chi connectivity index (χ1n) is 6.92. The summed E-state index contributed by atoms with van der Waals surface area (Å²) in [4.78, 5) is 0. The molecule has 0 saturated heterocycles. The molecule has 0 heterocycles. The molecule has 4 heteroatoms. The maximum atomic E-state index is 9.54. The van der Waals surface area contributed by atoms with E-state index in [1.165, 1.54) is 0 Å². The maximum absolute atomic E-state index is 9.54. The van der Waals surface area contributed by atoms with E-state index in [0.717, 1.165) is 22.7 Å². The van der Waals surface area contributed by atoms with Crippen molar-refractivity contribution >= 4 is 22.7 Å². The number of nitrogens with one attached hydrogen (secondary N) is 2. The van der Waals surface area contributed by atoms with Crippen molar-refractivity contribution in [3.05, 3.63) is 72.8 Å². The van der Waals surface area contributed by atoms with Gasteiger partial charge in [0.05, 0.1) is 11.4 Å². The van der Waals surface area contributed by atoms with Crippen LogP contribution in [0.15, 0.2) is 72.8 Å². The lowest BCUT2D eigenvalue weighted by Crippen LogP contribution is -1.97. The summed E-state index contributed by atoms with van der Waals surface area (Å²) in [6.07, 6.45) is 0. The number of phenolic OH excluding ortho intramolecular Hbond substituents is 2. The number of para-hydroxylation sites is 2. The first-order chi connectivity index (χ1) is 10.7. The smallest absolute Gasteiger partial charge is 0.117 e. The lowest BCUT2D eigenvalue weighted by atomic mass is 10.2. The van der Waals surface area contributed by atoms with Gasteiger partial charge < -0.3 is 20.8 Å². The van der Waals surface area contributed by atoms with E-state index in [-0.39, 0.29) is 11.5 Å². The maximum Gasteiger partial charge on any atom is 0.117 e. The summed E-state index contributed by atoms with van der Waals surface area (Å²) >= 11 is 0. The molecule has 0 aromatic heterocycles. The van der Waals surface area contributed by atoms with Gasteiger partial charge >= 0.3 is 0 Å². The molecule has 0 aliphatic carbocycles. The summed E-state index contributed by atoms with van der Waals surface area (Å²) < 4.78 is 0. The van der Waals surface area contributed by atoms with Crippen molar-refractivity contribution in [3.8, 4) is 11.5 Å². The first-order valence-corrected chi connectivity index (χ1v) is 6.92. The molecule has 0 amide bonds. The van der Waals surface area contributed by atoms with Crippen LogP contribution in [0, 0.1) is 0 Å².